The van der Waals surface area contributed by atoms with E-state index in [9.17, 15) is 5.11 Å². The fourth-order valence-corrected chi connectivity index (χ4v) is 2.83. The molecule has 0 radical (unpaired) electrons. The lowest BCUT2D eigenvalue weighted by atomic mass is 9.96. The zero-order chi connectivity index (χ0) is 19.9. The molecular formula is C20H30N4O3. The molecule has 0 aliphatic carbocycles. The van der Waals surface area contributed by atoms with Crippen molar-refractivity contribution < 1.29 is 14.3 Å². The lowest BCUT2D eigenvalue weighted by Gasteiger charge is -2.24. The maximum atomic E-state index is 10.9. The Hall–Kier alpha value is -2.54. The van der Waals surface area contributed by atoms with Crippen LogP contribution in [0.25, 0.3) is 0 Å². The summed E-state index contributed by atoms with van der Waals surface area (Å²) in [5.74, 6) is 2.71. The second-order valence-electron chi connectivity index (χ2n) is 6.55. The minimum absolute atomic E-state index is 0.296. The molecule has 3 N–H and O–H groups in total. The highest BCUT2D eigenvalue weighted by molar-refractivity contribution is 5.79. The third kappa shape index (κ3) is 5.72. The summed E-state index contributed by atoms with van der Waals surface area (Å²) in [6.45, 7) is 11.4. The summed E-state index contributed by atoms with van der Waals surface area (Å²) < 4.78 is 11.1. The molecule has 2 aromatic heterocycles. The van der Waals surface area contributed by atoms with Crippen molar-refractivity contribution >= 4 is 5.96 Å². The molecule has 2 rings (SSSR count). The Morgan fingerprint density at radius 3 is 2.74 bits per heavy atom. The summed E-state index contributed by atoms with van der Waals surface area (Å²) >= 11 is 0. The number of aliphatic imine (C=N–C) groups is 1. The van der Waals surface area contributed by atoms with Crippen LogP contribution >= 0.6 is 0 Å². The zero-order valence-electron chi connectivity index (χ0n) is 16.8. The van der Waals surface area contributed by atoms with Gasteiger partial charge in [0.25, 0.3) is 0 Å². The SMILES string of the molecule is CCNC(=NCc1cccnc1OCC)NCC(C)(O)c1cc(C)oc1C. The Morgan fingerprint density at radius 1 is 1.33 bits per heavy atom. The van der Waals surface area contributed by atoms with Gasteiger partial charge in [0, 0.05) is 23.9 Å². The number of aryl methyl sites for hydroxylation is 2. The van der Waals surface area contributed by atoms with Crippen LogP contribution in [-0.2, 0) is 12.1 Å². The number of pyridine rings is 1. The first-order chi connectivity index (χ1) is 12.9. The van der Waals surface area contributed by atoms with Gasteiger partial charge in [-0.3, -0.25) is 0 Å². The van der Waals surface area contributed by atoms with Gasteiger partial charge < -0.3 is 24.9 Å². The van der Waals surface area contributed by atoms with Crippen LogP contribution in [0.2, 0.25) is 0 Å². The topological polar surface area (TPSA) is 91.9 Å². The summed E-state index contributed by atoms with van der Waals surface area (Å²) in [5.41, 5.74) is 0.599. The van der Waals surface area contributed by atoms with E-state index in [1.807, 2.05) is 45.9 Å². The van der Waals surface area contributed by atoms with Crippen LogP contribution < -0.4 is 15.4 Å². The van der Waals surface area contributed by atoms with E-state index in [4.69, 9.17) is 9.15 Å². The van der Waals surface area contributed by atoms with Crippen LogP contribution in [0.15, 0.2) is 33.8 Å². The van der Waals surface area contributed by atoms with E-state index in [1.54, 1.807) is 13.1 Å². The quantitative estimate of drug-likeness (QED) is 0.486. The molecule has 7 heteroatoms. The Kier molecular flexibility index (Phi) is 7.24. The fourth-order valence-electron chi connectivity index (χ4n) is 2.83. The van der Waals surface area contributed by atoms with Crippen molar-refractivity contribution in [3.8, 4) is 5.88 Å². The standard InChI is InChI=1S/C20H30N4O3/c1-6-21-19(23-12-16-9-8-10-22-18(16)26-7-2)24-13-20(5,25)17-11-14(3)27-15(17)4/h8-11,25H,6-7,12-13H2,1-5H3,(H2,21,23,24). The number of rotatable bonds is 8. The van der Waals surface area contributed by atoms with Crippen LogP contribution in [0.1, 0.15) is 43.4 Å². The number of furan rings is 1. The van der Waals surface area contributed by atoms with E-state index in [2.05, 4.69) is 20.6 Å². The van der Waals surface area contributed by atoms with Crippen molar-refractivity contribution in [1.82, 2.24) is 15.6 Å². The van der Waals surface area contributed by atoms with Gasteiger partial charge in [-0.25, -0.2) is 9.98 Å². The average Bonchev–Trinajstić information content (AvgIpc) is 2.98. The molecule has 0 aliphatic heterocycles. The normalized spacial score (nSPS) is 13.9. The number of nitrogens with one attached hydrogen (secondary N) is 2. The summed E-state index contributed by atoms with van der Waals surface area (Å²) in [7, 11) is 0. The molecule has 2 heterocycles. The van der Waals surface area contributed by atoms with E-state index in [0.717, 1.165) is 22.6 Å². The zero-order valence-corrected chi connectivity index (χ0v) is 16.8. The molecule has 0 aliphatic rings. The predicted molar refractivity (Wildman–Crippen MR) is 106 cm³/mol. The third-order valence-electron chi connectivity index (χ3n) is 4.10. The van der Waals surface area contributed by atoms with Crippen molar-refractivity contribution in [2.24, 2.45) is 4.99 Å². The maximum Gasteiger partial charge on any atom is 0.218 e. The molecule has 1 unspecified atom stereocenters. The third-order valence-corrected chi connectivity index (χ3v) is 4.10. The molecule has 0 bridgehead atoms. The lowest BCUT2D eigenvalue weighted by molar-refractivity contribution is 0.0601. The smallest absolute Gasteiger partial charge is 0.218 e. The average molecular weight is 374 g/mol. The Labute approximate surface area is 160 Å². The molecule has 0 fully saturated rings. The minimum atomic E-state index is -1.08. The molecule has 1 atom stereocenters. The number of aromatic nitrogens is 1. The Morgan fingerprint density at radius 2 is 2.11 bits per heavy atom. The van der Waals surface area contributed by atoms with Crippen molar-refractivity contribution in [1.29, 1.82) is 0 Å². The number of guanidine groups is 1. The molecule has 0 amide bonds. The van der Waals surface area contributed by atoms with E-state index in [-0.39, 0.29) is 0 Å². The summed E-state index contributed by atoms with van der Waals surface area (Å²) in [6, 6.07) is 5.67. The van der Waals surface area contributed by atoms with Gasteiger partial charge in [0.15, 0.2) is 5.96 Å². The number of hydrogen-bond donors (Lipinski definition) is 3. The van der Waals surface area contributed by atoms with Crippen molar-refractivity contribution in [3.63, 3.8) is 0 Å². The van der Waals surface area contributed by atoms with Gasteiger partial charge in [-0.05, 0) is 46.8 Å². The Bertz CT molecular complexity index is 768. The van der Waals surface area contributed by atoms with Crippen LogP contribution in [0.3, 0.4) is 0 Å². The number of hydrogen-bond acceptors (Lipinski definition) is 5. The highest BCUT2D eigenvalue weighted by Gasteiger charge is 2.27. The van der Waals surface area contributed by atoms with E-state index in [0.29, 0.717) is 38.1 Å². The molecule has 27 heavy (non-hydrogen) atoms. The van der Waals surface area contributed by atoms with Crippen LogP contribution in [0.5, 0.6) is 5.88 Å². The molecule has 0 aromatic carbocycles. The van der Waals surface area contributed by atoms with Gasteiger partial charge in [0.1, 0.15) is 17.1 Å². The van der Waals surface area contributed by atoms with Gasteiger partial charge in [0.2, 0.25) is 5.88 Å². The van der Waals surface area contributed by atoms with Gasteiger partial charge >= 0.3 is 0 Å². The first kappa shape index (κ1) is 20.8. The summed E-state index contributed by atoms with van der Waals surface area (Å²) in [4.78, 5) is 8.84. The molecule has 148 valence electrons. The van der Waals surface area contributed by atoms with E-state index >= 15 is 0 Å². The largest absolute Gasteiger partial charge is 0.478 e. The first-order valence-electron chi connectivity index (χ1n) is 9.26. The molecular weight excluding hydrogens is 344 g/mol. The van der Waals surface area contributed by atoms with Crippen molar-refractivity contribution in [3.05, 3.63) is 47.0 Å². The van der Waals surface area contributed by atoms with Gasteiger partial charge in [-0.1, -0.05) is 6.07 Å². The summed E-state index contributed by atoms with van der Waals surface area (Å²) in [5, 5.41) is 17.3. The highest BCUT2D eigenvalue weighted by Crippen LogP contribution is 2.26. The Balaban J connectivity index is 2.09. The first-order valence-corrected chi connectivity index (χ1v) is 9.26. The number of aliphatic hydroxyl groups is 1. The van der Waals surface area contributed by atoms with Crippen molar-refractivity contribution in [2.45, 2.75) is 46.8 Å². The van der Waals surface area contributed by atoms with Gasteiger partial charge in [0.05, 0.1) is 19.7 Å². The molecule has 0 saturated carbocycles. The molecule has 7 nitrogen and oxygen atoms in total. The molecule has 2 aromatic rings. The van der Waals surface area contributed by atoms with E-state index < -0.39 is 5.60 Å². The van der Waals surface area contributed by atoms with Crippen LogP contribution in [-0.4, -0.2) is 35.7 Å². The van der Waals surface area contributed by atoms with Crippen LogP contribution in [0, 0.1) is 13.8 Å². The van der Waals surface area contributed by atoms with Crippen LogP contribution in [0.4, 0.5) is 0 Å². The van der Waals surface area contributed by atoms with Gasteiger partial charge in [-0.2, -0.15) is 0 Å². The number of ether oxygens (including phenoxy) is 1. The monoisotopic (exact) mass is 374 g/mol. The maximum absolute atomic E-state index is 10.9. The summed E-state index contributed by atoms with van der Waals surface area (Å²) in [6.07, 6.45) is 1.70. The van der Waals surface area contributed by atoms with Gasteiger partial charge in [-0.15, -0.1) is 0 Å². The fraction of sp³-hybridized carbons (Fsp3) is 0.500. The second-order valence-corrected chi connectivity index (χ2v) is 6.55. The van der Waals surface area contributed by atoms with E-state index in [1.165, 1.54) is 0 Å². The highest BCUT2D eigenvalue weighted by atomic mass is 16.5. The number of nitrogens with zero attached hydrogens (tertiary/aromatic N) is 2. The predicted octanol–water partition coefficient (Wildman–Crippen LogP) is 2.65. The molecule has 0 saturated heterocycles. The minimum Gasteiger partial charge on any atom is -0.478 e. The van der Waals surface area contributed by atoms with Crippen molar-refractivity contribution in [2.75, 3.05) is 19.7 Å². The second kappa shape index (κ2) is 9.41. The lowest BCUT2D eigenvalue weighted by Crippen LogP contribution is -2.44. The molecule has 0 spiro atoms.